The average molecular weight is 377 g/mol. The molecule has 1 aromatic carbocycles. The third kappa shape index (κ3) is 4.96. The van der Waals surface area contributed by atoms with Crippen LogP contribution in [0, 0.1) is 10.1 Å². The van der Waals surface area contributed by atoms with E-state index >= 15 is 0 Å². The molecular formula is C18H23N3O6. The number of rotatable bonds is 6. The number of nitro groups is 1. The number of nitrogens with one attached hydrogen (secondary N) is 1. The largest absolute Gasteiger partial charge is 0.484 e. The fraction of sp³-hybridized carbons (Fsp3) is 0.444. The van der Waals surface area contributed by atoms with Crippen LogP contribution >= 0.6 is 0 Å². The number of carboxylic acid groups (broad SMARTS) is 1. The minimum Gasteiger partial charge on any atom is -0.484 e. The first kappa shape index (κ1) is 20.2. The number of hydrogen-bond donors (Lipinski definition) is 2. The molecule has 9 heteroatoms. The molecule has 2 N–H and O–H groups in total. The third-order valence-corrected chi connectivity index (χ3v) is 4.26. The van der Waals surface area contributed by atoms with Crippen LogP contribution in [-0.4, -0.2) is 52.2 Å². The summed E-state index contributed by atoms with van der Waals surface area (Å²) < 4.78 is 5.49. The lowest BCUT2D eigenvalue weighted by Gasteiger charge is -2.30. The zero-order valence-electron chi connectivity index (χ0n) is 15.3. The minimum atomic E-state index is -0.981. The second kappa shape index (κ2) is 8.52. The first-order valence-electron chi connectivity index (χ1n) is 8.63. The number of amides is 2. The second-order valence-corrected chi connectivity index (χ2v) is 6.55. The maximum atomic E-state index is 12.7. The van der Waals surface area contributed by atoms with Gasteiger partial charge in [-0.3, -0.25) is 14.9 Å². The molecule has 1 saturated heterocycles. The number of likely N-dealkylation sites (tertiary alicyclic amines) is 1. The molecule has 0 bridgehead atoms. The van der Waals surface area contributed by atoms with Gasteiger partial charge in [-0.1, -0.05) is 12.7 Å². The lowest BCUT2D eigenvalue weighted by molar-refractivity contribution is -0.386. The van der Waals surface area contributed by atoms with Crippen LogP contribution in [0.5, 0.6) is 5.75 Å². The van der Waals surface area contributed by atoms with Crippen molar-refractivity contribution in [1.29, 1.82) is 0 Å². The van der Waals surface area contributed by atoms with Gasteiger partial charge < -0.3 is 20.1 Å². The molecule has 9 nitrogen and oxygen atoms in total. The van der Waals surface area contributed by atoms with Crippen molar-refractivity contribution in [3.05, 3.63) is 40.0 Å². The van der Waals surface area contributed by atoms with E-state index in [0.29, 0.717) is 31.5 Å². The number of carbonyl (C=O) groups excluding carboxylic acids is 1. The van der Waals surface area contributed by atoms with Gasteiger partial charge in [0, 0.05) is 25.2 Å². The van der Waals surface area contributed by atoms with E-state index in [9.17, 15) is 19.7 Å². The number of nitro benzene ring substituents is 1. The molecule has 1 aromatic rings. The van der Waals surface area contributed by atoms with Gasteiger partial charge in [0.1, 0.15) is 0 Å². The lowest BCUT2D eigenvalue weighted by Crippen LogP contribution is -2.46. The first-order valence-corrected chi connectivity index (χ1v) is 8.63. The number of nitrogens with zero attached hydrogens (tertiary/aromatic N) is 2. The van der Waals surface area contributed by atoms with E-state index in [1.54, 1.807) is 13.8 Å². The Morgan fingerprint density at radius 3 is 2.52 bits per heavy atom. The Hall–Kier alpha value is -3.10. The molecular weight excluding hydrogens is 354 g/mol. The van der Waals surface area contributed by atoms with Crippen LogP contribution in [0.2, 0.25) is 0 Å². The second-order valence-electron chi connectivity index (χ2n) is 6.55. The fourth-order valence-corrected chi connectivity index (χ4v) is 2.92. The molecule has 0 atom stereocenters. The number of carbonyl (C=O) groups is 2. The minimum absolute atomic E-state index is 0.0798. The van der Waals surface area contributed by atoms with Crippen LogP contribution in [0.25, 0.3) is 6.08 Å². The first-order chi connectivity index (χ1) is 12.7. The monoisotopic (exact) mass is 377 g/mol. The van der Waals surface area contributed by atoms with Crippen molar-refractivity contribution in [2.24, 2.45) is 0 Å². The summed E-state index contributed by atoms with van der Waals surface area (Å²) in [5, 5.41) is 23.2. The predicted octanol–water partition coefficient (Wildman–Crippen LogP) is 2.90. The van der Waals surface area contributed by atoms with Gasteiger partial charge in [0.2, 0.25) is 0 Å². The molecule has 1 aliphatic heterocycles. The fourth-order valence-electron chi connectivity index (χ4n) is 2.92. The number of hydrogen-bond acceptors (Lipinski definition) is 5. The van der Waals surface area contributed by atoms with Gasteiger partial charge in [0.15, 0.2) is 5.75 Å². The highest BCUT2D eigenvalue weighted by Gasteiger charge is 2.26. The third-order valence-electron chi connectivity index (χ3n) is 4.26. The summed E-state index contributed by atoms with van der Waals surface area (Å²) in [6.45, 7) is 7.83. The Morgan fingerprint density at radius 2 is 2.04 bits per heavy atom. The van der Waals surface area contributed by atoms with Crippen molar-refractivity contribution in [1.82, 2.24) is 10.2 Å². The van der Waals surface area contributed by atoms with Crippen molar-refractivity contribution >= 4 is 23.8 Å². The van der Waals surface area contributed by atoms with Crippen LogP contribution in [0.4, 0.5) is 10.5 Å². The molecule has 27 heavy (non-hydrogen) atoms. The summed E-state index contributed by atoms with van der Waals surface area (Å²) in [6.07, 6.45) is 1.17. The van der Waals surface area contributed by atoms with Gasteiger partial charge in [-0.05, 0) is 38.3 Å². The van der Waals surface area contributed by atoms with E-state index in [1.807, 2.05) is 0 Å². The van der Waals surface area contributed by atoms with Crippen LogP contribution in [0.3, 0.4) is 0 Å². The number of piperidine rings is 1. The molecule has 0 radical (unpaired) electrons. The molecule has 0 aromatic heterocycles. The van der Waals surface area contributed by atoms with Crippen molar-refractivity contribution in [3.63, 3.8) is 0 Å². The quantitative estimate of drug-likeness (QED) is 0.580. The molecule has 0 saturated carbocycles. The Morgan fingerprint density at radius 1 is 1.41 bits per heavy atom. The molecule has 2 rings (SSSR count). The molecule has 1 heterocycles. The highest BCUT2D eigenvalue weighted by Crippen LogP contribution is 2.32. The normalized spacial score (nSPS) is 14.7. The molecule has 2 amide bonds. The van der Waals surface area contributed by atoms with E-state index in [2.05, 4.69) is 11.9 Å². The Balaban J connectivity index is 2.22. The summed E-state index contributed by atoms with van der Waals surface area (Å²) in [5.41, 5.74) is 0.269. The van der Waals surface area contributed by atoms with Crippen LogP contribution in [0.15, 0.2) is 18.7 Å². The predicted molar refractivity (Wildman–Crippen MR) is 99.0 cm³/mol. The van der Waals surface area contributed by atoms with E-state index in [-0.39, 0.29) is 29.1 Å². The molecule has 1 fully saturated rings. The standard InChI is InChI=1S/C18H23N3O6/c1-4-12-9-16(27-11(2)3)15(21(25)26)10-14(12)17(22)19-13-5-7-20(8-6-13)18(23)24/h4,9-11,13H,1,5-8H2,2-3H3,(H,19,22)(H,23,24). The van der Waals surface area contributed by atoms with Crippen LogP contribution in [-0.2, 0) is 0 Å². The molecule has 0 unspecified atom stereocenters. The van der Waals surface area contributed by atoms with Crippen LogP contribution in [0.1, 0.15) is 42.6 Å². The maximum Gasteiger partial charge on any atom is 0.407 e. The van der Waals surface area contributed by atoms with Gasteiger partial charge in [0.25, 0.3) is 5.91 Å². The molecule has 0 aliphatic carbocycles. The van der Waals surface area contributed by atoms with Crippen molar-refractivity contribution < 1.29 is 24.4 Å². The molecule has 1 aliphatic rings. The van der Waals surface area contributed by atoms with Crippen LogP contribution < -0.4 is 10.1 Å². The van der Waals surface area contributed by atoms with Gasteiger partial charge in [-0.2, -0.15) is 0 Å². The topological polar surface area (TPSA) is 122 Å². The van der Waals surface area contributed by atoms with Crippen molar-refractivity contribution in [3.8, 4) is 5.75 Å². The summed E-state index contributed by atoms with van der Waals surface area (Å²) in [5.74, 6) is -0.380. The molecule has 0 spiro atoms. The average Bonchev–Trinajstić information content (AvgIpc) is 2.60. The zero-order valence-corrected chi connectivity index (χ0v) is 15.3. The summed E-state index contributed by atoms with van der Waals surface area (Å²) in [6, 6.07) is 2.43. The van der Waals surface area contributed by atoms with E-state index < -0.39 is 16.9 Å². The summed E-state index contributed by atoms with van der Waals surface area (Å²) in [7, 11) is 0. The Bertz CT molecular complexity index is 754. The van der Waals surface area contributed by atoms with Crippen molar-refractivity contribution in [2.45, 2.75) is 38.8 Å². The zero-order chi connectivity index (χ0) is 20.1. The van der Waals surface area contributed by atoms with Gasteiger partial charge >= 0.3 is 11.8 Å². The molecule has 146 valence electrons. The van der Waals surface area contributed by atoms with Gasteiger partial charge in [-0.25, -0.2) is 4.79 Å². The Labute approximate surface area is 156 Å². The van der Waals surface area contributed by atoms with E-state index in [1.165, 1.54) is 23.1 Å². The number of ether oxygens (including phenoxy) is 1. The van der Waals surface area contributed by atoms with E-state index in [0.717, 1.165) is 0 Å². The van der Waals surface area contributed by atoms with E-state index in [4.69, 9.17) is 9.84 Å². The Kier molecular flexibility index (Phi) is 6.38. The summed E-state index contributed by atoms with van der Waals surface area (Å²) in [4.78, 5) is 35.7. The summed E-state index contributed by atoms with van der Waals surface area (Å²) >= 11 is 0. The smallest absolute Gasteiger partial charge is 0.407 e. The SMILES string of the molecule is C=Cc1cc(OC(C)C)c([N+](=O)[O-])cc1C(=O)NC1CCN(C(=O)O)CC1. The van der Waals surface area contributed by atoms with Gasteiger partial charge in [0.05, 0.1) is 16.6 Å². The highest BCUT2D eigenvalue weighted by atomic mass is 16.6. The lowest BCUT2D eigenvalue weighted by atomic mass is 10.0. The number of benzene rings is 1. The van der Waals surface area contributed by atoms with Gasteiger partial charge in [-0.15, -0.1) is 0 Å². The maximum absolute atomic E-state index is 12.7. The van der Waals surface area contributed by atoms with Crippen molar-refractivity contribution in [2.75, 3.05) is 13.1 Å². The highest BCUT2D eigenvalue weighted by molar-refractivity contribution is 5.99.